The zero-order valence-electron chi connectivity index (χ0n) is 17.0. The molecule has 7 heteroatoms. The Morgan fingerprint density at radius 3 is 2.57 bits per heavy atom. The first-order valence-electron chi connectivity index (χ1n) is 9.69. The number of rotatable bonds is 9. The van der Waals surface area contributed by atoms with Gasteiger partial charge in [0, 0.05) is 18.1 Å². The van der Waals surface area contributed by atoms with Gasteiger partial charge in [0.15, 0.2) is 5.82 Å². The summed E-state index contributed by atoms with van der Waals surface area (Å²) in [6.45, 7) is 4.08. The molecule has 0 saturated heterocycles. The van der Waals surface area contributed by atoms with Gasteiger partial charge in [-0.25, -0.2) is 0 Å². The fourth-order valence-corrected chi connectivity index (χ4v) is 2.82. The van der Waals surface area contributed by atoms with E-state index in [9.17, 15) is 9.59 Å². The molecule has 1 unspecified atom stereocenters. The van der Waals surface area contributed by atoms with Gasteiger partial charge < -0.3 is 19.3 Å². The van der Waals surface area contributed by atoms with Crippen molar-refractivity contribution in [3.63, 3.8) is 0 Å². The highest BCUT2D eigenvalue weighted by atomic mass is 16.5. The van der Waals surface area contributed by atoms with E-state index in [0.717, 1.165) is 11.3 Å². The quantitative estimate of drug-likeness (QED) is 0.418. The Labute approximate surface area is 175 Å². The molecule has 3 aromatic rings. The van der Waals surface area contributed by atoms with E-state index in [-0.39, 0.29) is 12.2 Å². The number of aromatic nitrogens is 1. The van der Waals surface area contributed by atoms with E-state index in [1.54, 1.807) is 37.3 Å². The zero-order valence-corrected chi connectivity index (χ0v) is 17.0. The highest BCUT2D eigenvalue weighted by Crippen LogP contribution is 2.21. The van der Waals surface area contributed by atoms with Gasteiger partial charge in [0.25, 0.3) is 5.91 Å². The molecule has 7 nitrogen and oxygen atoms in total. The van der Waals surface area contributed by atoms with Gasteiger partial charge in [0.1, 0.15) is 11.5 Å². The lowest BCUT2D eigenvalue weighted by molar-refractivity contribution is -0.155. The van der Waals surface area contributed by atoms with Gasteiger partial charge in [-0.1, -0.05) is 47.6 Å². The largest absolute Gasteiger partial charge is 0.494 e. The van der Waals surface area contributed by atoms with Crippen LogP contribution in [-0.4, -0.2) is 23.6 Å². The number of carbonyl (C=O) groups excluding carboxylic acids is 2. The molecule has 1 aromatic heterocycles. The van der Waals surface area contributed by atoms with Gasteiger partial charge in [0.2, 0.25) is 6.10 Å². The summed E-state index contributed by atoms with van der Waals surface area (Å²) in [5, 5.41) is 6.36. The van der Waals surface area contributed by atoms with Crippen molar-refractivity contribution >= 4 is 17.7 Å². The molecule has 0 aliphatic heterocycles. The third-order valence-electron chi connectivity index (χ3n) is 4.25. The predicted octanol–water partition coefficient (Wildman–Crippen LogP) is 4.37. The highest BCUT2D eigenvalue weighted by Gasteiger charge is 2.25. The van der Waals surface area contributed by atoms with Crippen molar-refractivity contribution in [1.29, 1.82) is 0 Å². The summed E-state index contributed by atoms with van der Waals surface area (Å²) in [6.07, 6.45) is -0.488. The van der Waals surface area contributed by atoms with Crippen LogP contribution in [0.2, 0.25) is 0 Å². The molecule has 1 amide bonds. The van der Waals surface area contributed by atoms with Crippen molar-refractivity contribution in [3.8, 4) is 5.75 Å². The molecule has 0 aliphatic rings. The van der Waals surface area contributed by atoms with E-state index in [1.807, 2.05) is 37.3 Å². The van der Waals surface area contributed by atoms with Gasteiger partial charge in [0.05, 0.1) is 6.61 Å². The summed E-state index contributed by atoms with van der Waals surface area (Å²) >= 11 is 0. The van der Waals surface area contributed by atoms with Crippen molar-refractivity contribution in [1.82, 2.24) is 5.16 Å². The average Bonchev–Trinajstić information content (AvgIpc) is 3.14. The molecule has 3 rings (SSSR count). The number of hydrogen-bond acceptors (Lipinski definition) is 6. The number of ether oxygens (including phenoxy) is 2. The number of esters is 1. The van der Waals surface area contributed by atoms with Crippen molar-refractivity contribution in [2.45, 2.75) is 32.8 Å². The molecular weight excluding hydrogens is 384 g/mol. The molecule has 1 heterocycles. The summed E-state index contributed by atoms with van der Waals surface area (Å²) in [5.74, 6) is 0.600. The molecule has 2 aromatic carbocycles. The number of anilines is 1. The van der Waals surface area contributed by atoms with E-state index in [1.165, 1.54) is 0 Å². The van der Waals surface area contributed by atoms with E-state index >= 15 is 0 Å². The van der Waals surface area contributed by atoms with Crippen LogP contribution in [0.5, 0.6) is 5.75 Å². The fourth-order valence-electron chi connectivity index (χ4n) is 2.82. The summed E-state index contributed by atoms with van der Waals surface area (Å²) in [7, 11) is 0. The Bertz CT molecular complexity index is 984. The number of nitrogens with one attached hydrogen (secondary N) is 1. The molecule has 0 fully saturated rings. The molecule has 0 bridgehead atoms. The monoisotopic (exact) mass is 408 g/mol. The van der Waals surface area contributed by atoms with Crippen molar-refractivity contribution < 1.29 is 23.6 Å². The van der Waals surface area contributed by atoms with Crippen LogP contribution in [0, 0.1) is 13.8 Å². The van der Waals surface area contributed by atoms with Crippen LogP contribution in [0.25, 0.3) is 0 Å². The number of hydrogen-bond donors (Lipinski definition) is 1. The Balaban J connectivity index is 1.55. The van der Waals surface area contributed by atoms with Crippen LogP contribution in [0.15, 0.2) is 65.2 Å². The molecule has 0 spiro atoms. The second-order valence-electron chi connectivity index (χ2n) is 6.86. The first-order chi connectivity index (χ1) is 14.5. The van der Waals surface area contributed by atoms with Crippen LogP contribution in [-0.2, 0) is 14.3 Å². The smallest absolute Gasteiger partial charge is 0.307 e. The van der Waals surface area contributed by atoms with E-state index < -0.39 is 18.0 Å². The Morgan fingerprint density at radius 1 is 1.07 bits per heavy atom. The molecule has 156 valence electrons. The third kappa shape index (κ3) is 6.20. The maximum absolute atomic E-state index is 12.7. The van der Waals surface area contributed by atoms with Crippen molar-refractivity contribution in [3.05, 3.63) is 77.6 Å². The van der Waals surface area contributed by atoms with Gasteiger partial charge in [-0.15, -0.1) is 0 Å². The van der Waals surface area contributed by atoms with E-state index in [2.05, 4.69) is 10.5 Å². The summed E-state index contributed by atoms with van der Waals surface area (Å²) < 4.78 is 16.1. The Morgan fingerprint density at radius 2 is 1.87 bits per heavy atom. The first kappa shape index (κ1) is 21.1. The van der Waals surface area contributed by atoms with Crippen LogP contribution < -0.4 is 10.1 Å². The maximum atomic E-state index is 12.7. The summed E-state index contributed by atoms with van der Waals surface area (Å²) in [4.78, 5) is 25.1. The lowest BCUT2D eigenvalue weighted by Gasteiger charge is -2.17. The third-order valence-corrected chi connectivity index (χ3v) is 4.25. The molecule has 0 radical (unpaired) electrons. The Hall–Kier alpha value is -3.61. The zero-order chi connectivity index (χ0) is 21.3. The molecular formula is C23H24N2O5. The molecule has 1 atom stereocenters. The summed E-state index contributed by atoms with van der Waals surface area (Å²) in [5.41, 5.74) is 1.67. The molecule has 0 saturated carbocycles. The summed E-state index contributed by atoms with van der Waals surface area (Å²) in [6, 6.07) is 18.1. The maximum Gasteiger partial charge on any atom is 0.307 e. The molecule has 30 heavy (non-hydrogen) atoms. The normalized spacial score (nSPS) is 11.5. The average molecular weight is 408 g/mol. The lowest BCUT2D eigenvalue weighted by Crippen LogP contribution is -2.26. The molecule has 1 N–H and O–H groups in total. The van der Waals surface area contributed by atoms with Gasteiger partial charge in [-0.3, -0.25) is 9.59 Å². The minimum Gasteiger partial charge on any atom is -0.494 e. The lowest BCUT2D eigenvalue weighted by atomic mass is 10.1. The van der Waals surface area contributed by atoms with Crippen molar-refractivity contribution in [2.75, 3.05) is 11.9 Å². The van der Waals surface area contributed by atoms with Crippen LogP contribution in [0.3, 0.4) is 0 Å². The van der Waals surface area contributed by atoms with Gasteiger partial charge >= 0.3 is 5.97 Å². The van der Waals surface area contributed by atoms with Crippen molar-refractivity contribution in [2.24, 2.45) is 0 Å². The number of carbonyl (C=O) groups is 2. The topological polar surface area (TPSA) is 90.7 Å². The second kappa shape index (κ2) is 10.2. The first-order valence-corrected chi connectivity index (χ1v) is 9.69. The van der Waals surface area contributed by atoms with Crippen LogP contribution >= 0.6 is 0 Å². The Kier molecular flexibility index (Phi) is 7.21. The number of amides is 1. The highest BCUT2D eigenvalue weighted by molar-refractivity contribution is 5.95. The minimum absolute atomic E-state index is 0.130. The SMILES string of the molecule is Cc1cccc(OCCCC(=O)OC(C(=O)Nc2cc(C)on2)c2ccccc2)c1. The van der Waals surface area contributed by atoms with E-state index in [4.69, 9.17) is 14.0 Å². The number of benzene rings is 2. The van der Waals surface area contributed by atoms with Crippen LogP contribution in [0.4, 0.5) is 5.82 Å². The standard InChI is InChI=1S/C23H24N2O5/c1-16-8-6-11-19(14-16)28-13-7-12-21(26)29-22(18-9-4-3-5-10-18)23(27)24-20-15-17(2)30-25-20/h3-6,8-11,14-15,22H,7,12-13H2,1-2H3,(H,24,25,27). The fraction of sp³-hybridized carbons (Fsp3) is 0.261. The number of aryl methyl sites for hydroxylation is 2. The van der Waals surface area contributed by atoms with Gasteiger partial charge in [-0.2, -0.15) is 0 Å². The second-order valence-corrected chi connectivity index (χ2v) is 6.86. The minimum atomic E-state index is -1.09. The van der Waals surface area contributed by atoms with E-state index in [0.29, 0.717) is 24.4 Å². The van der Waals surface area contributed by atoms with Gasteiger partial charge in [-0.05, 0) is 38.0 Å². The number of nitrogens with zero attached hydrogens (tertiary/aromatic N) is 1. The molecule has 0 aliphatic carbocycles. The predicted molar refractivity (Wildman–Crippen MR) is 111 cm³/mol. The van der Waals surface area contributed by atoms with Crippen LogP contribution in [0.1, 0.15) is 35.8 Å².